The van der Waals surface area contributed by atoms with Gasteiger partial charge in [0.2, 0.25) is 0 Å². The van der Waals surface area contributed by atoms with Crippen LogP contribution in [-0.2, 0) is 4.74 Å². The minimum atomic E-state index is 0.275. The second-order valence-electron chi connectivity index (χ2n) is 5.03. The van der Waals surface area contributed by atoms with E-state index >= 15 is 0 Å². The first-order valence-electron chi connectivity index (χ1n) is 7.07. The minimum absolute atomic E-state index is 0.275. The van der Waals surface area contributed by atoms with Crippen LogP contribution >= 0.6 is 0 Å². The molecule has 0 radical (unpaired) electrons. The Kier molecular flexibility index (Phi) is 5.33. The predicted octanol–water partition coefficient (Wildman–Crippen LogP) is 3.75. The Balaban J connectivity index is 2.29. The van der Waals surface area contributed by atoms with Crippen molar-refractivity contribution in [1.29, 1.82) is 0 Å². The van der Waals surface area contributed by atoms with Gasteiger partial charge in [-0.1, -0.05) is 61.2 Å². The fourth-order valence-corrected chi connectivity index (χ4v) is 2.65. The summed E-state index contributed by atoms with van der Waals surface area (Å²) >= 11 is 0. The van der Waals surface area contributed by atoms with Crippen LogP contribution in [0.2, 0.25) is 0 Å². The van der Waals surface area contributed by atoms with Crippen molar-refractivity contribution in [3.05, 3.63) is 72.4 Å². The van der Waals surface area contributed by atoms with Crippen molar-refractivity contribution in [3.63, 3.8) is 0 Å². The van der Waals surface area contributed by atoms with Crippen LogP contribution in [0.5, 0.6) is 0 Å². The van der Waals surface area contributed by atoms with E-state index in [4.69, 9.17) is 4.74 Å². The number of ether oxygens (including phenoxy) is 1. The fraction of sp³-hybridized carbons (Fsp3) is 0.333. The van der Waals surface area contributed by atoms with Gasteiger partial charge in [-0.2, -0.15) is 0 Å². The van der Waals surface area contributed by atoms with Gasteiger partial charge in [0.05, 0.1) is 12.1 Å². The number of likely N-dealkylation sites (tertiary alicyclic amines) is 1. The van der Waals surface area contributed by atoms with Crippen LogP contribution in [0.1, 0.15) is 18.5 Å². The molecule has 20 heavy (non-hydrogen) atoms. The first kappa shape index (κ1) is 14.8. The lowest BCUT2D eigenvalue weighted by molar-refractivity contribution is -0.0439. The molecule has 0 spiro atoms. The van der Waals surface area contributed by atoms with Gasteiger partial charge in [0.25, 0.3) is 0 Å². The first-order valence-corrected chi connectivity index (χ1v) is 7.07. The van der Waals surface area contributed by atoms with Crippen molar-refractivity contribution in [2.24, 2.45) is 0 Å². The molecule has 1 fully saturated rings. The summed E-state index contributed by atoms with van der Waals surface area (Å²) in [5.41, 5.74) is 2.58. The molecule has 1 aromatic carbocycles. The number of hydrogen-bond donors (Lipinski definition) is 0. The summed E-state index contributed by atoms with van der Waals surface area (Å²) in [6, 6.07) is 10.9. The van der Waals surface area contributed by atoms with Gasteiger partial charge < -0.3 is 4.74 Å². The van der Waals surface area contributed by atoms with Crippen LogP contribution in [0.25, 0.3) is 0 Å². The van der Waals surface area contributed by atoms with Gasteiger partial charge >= 0.3 is 0 Å². The molecule has 0 amide bonds. The summed E-state index contributed by atoms with van der Waals surface area (Å²) < 4.78 is 5.40. The highest BCUT2D eigenvalue weighted by Gasteiger charge is 2.34. The summed E-state index contributed by atoms with van der Waals surface area (Å²) in [6.45, 7) is 7.84. The molecule has 1 unspecified atom stereocenters. The summed E-state index contributed by atoms with van der Waals surface area (Å²) in [4.78, 5) is 2.44. The van der Waals surface area contributed by atoms with E-state index in [0.717, 1.165) is 13.1 Å². The molecule has 1 atom stereocenters. The van der Waals surface area contributed by atoms with Crippen molar-refractivity contribution >= 4 is 0 Å². The Labute approximate surface area is 122 Å². The summed E-state index contributed by atoms with van der Waals surface area (Å²) in [7, 11) is 1.78. The zero-order valence-corrected chi connectivity index (χ0v) is 12.3. The molecule has 0 aliphatic carbocycles. The lowest BCUT2D eigenvalue weighted by Gasteiger charge is -2.44. The van der Waals surface area contributed by atoms with E-state index in [1.165, 1.54) is 11.1 Å². The predicted molar refractivity (Wildman–Crippen MR) is 84.6 cm³/mol. The molecule has 2 nitrogen and oxygen atoms in total. The molecule has 2 heteroatoms. The number of nitrogens with zero attached hydrogens (tertiary/aromatic N) is 1. The standard InChI is InChI=1S/C18H23NO/c1-4-9-15(10-5-2)18(16-11-7-6-8-12-16)19-13-17(14-19)20-3/h4-12,17-18H,1,13-14H2,2-3H3/b10-5-,15-9+. The van der Waals surface area contributed by atoms with Gasteiger partial charge in [-0.25, -0.2) is 0 Å². The molecule has 1 aliphatic heterocycles. The maximum absolute atomic E-state index is 5.40. The van der Waals surface area contributed by atoms with Crippen molar-refractivity contribution < 1.29 is 4.74 Å². The molecule has 1 aromatic rings. The lowest BCUT2D eigenvalue weighted by atomic mass is 9.93. The summed E-state index contributed by atoms with van der Waals surface area (Å²) in [5, 5.41) is 0. The van der Waals surface area contributed by atoms with Crippen molar-refractivity contribution in [2.75, 3.05) is 20.2 Å². The van der Waals surface area contributed by atoms with E-state index in [0.29, 0.717) is 6.10 Å². The van der Waals surface area contributed by atoms with Gasteiger partial charge in [-0.05, 0) is 18.1 Å². The molecule has 1 heterocycles. The molecule has 0 aromatic heterocycles. The second kappa shape index (κ2) is 7.22. The SMILES string of the molecule is C=C/C=C(\C=C/C)C(c1ccccc1)N1CC(OC)C1. The maximum Gasteiger partial charge on any atom is 0.0825 e. The number of rotatable bonds is 6. The summed E-state index contributed by atoms with van der Waals surface area (Å²) in [6.07, 6.45) is 8.56. The molecule has 0 saturated carbocycles. The molecular weight excluding hydrogens is 246 g/mol. The number of methoxy groups -OCH3 is 1. The van der Waals surface area contributed by atoms with E-state index in [1.54, 1.807) is 7.11 Å². The average molecular weight is 269 g/mol. The lowest BCUT2D eigenvalue weighted by Crippen LogP contribution is -2.53. The highest BCUT2D eigenvalue weighted by molar-refractivity contribution is 5.36. The zero-order chi connectivity index (χ0) is 14.4. The van der Waals surface area contributed by atoms with Gasteiger partial charge in [0.1, 0.15) is 0 Å². The van der Waals surface area contributed by atoms with Gasteiger partial charge in [-0.3, -0.25) is 4.90 Å². The highest BCUT2D eigenvalue weighted by Crippen LogP contribution is 2.33. The third-order valence-electron chi connectivity index (χ3n) is 3.68. The van der Waals surface area contributed by atoms with Gasteiger partial charge in [0, 0.05) is 20.2 Å². The minimum Gasteiger partial charge on any atom is -0.379 e. The Hall–Kier alpha value is -1.64. The Bertz CT molecular complexity index is 483. The van der Waals surface area contributed by atoms with E-state index in [1.807, 2.05) is 13.0 Å². The molecular formula is C18H23NO. The quantitative estimate of drug-likeness (QED) is 0.729. The van der Waals surface area contributed by atoms with Crippen LogP contribution in [0.15, 0.2) is 66.8 Å². The van der Waals surface area contributed by atoms with Crippen molar-refractivity contribution in [3.8, 4) is 0 Å². The third-order valence-corrected chi connectivity index (χ3v) is 3.68. The van der Waals surface area contributed by atoms with Gasteiger partial charge in [-0.15, -0.1) is 0 Å². The Morgan fingerprint density at radius 2 is 2.05 bits per heavy atom. The largest absolute Gasteiger partial charge is 0.379 e. The monoisotopic (exact) mass is 269 g/mol. The topological polar surface area (TPSA) is 12.5 Å². The zero-order valence-electron chi connectivity index (χ0n) is 12.3. The van der Waals surface area contributed by atoms with Crippen LogP contribution in [0.4, 0.5) is 0 Å². The molecule has 0 N–H and O–H groups in total. The van der Waals surface area contributed by atoms with Crippen LogP contribution in [-0.4, -0.2) is 31.2 Å². The van der Waals surface area contributed by atoms with E-state index < -0.39 is 0 Å². The second-order valence-corrected chi connectivity index (χ2v) is 5.03. The number of allylic oxidation sites excluding steroid dienone is 3. The fourth-order valence-electron chi connectivity index (χ4n) is 2.65. The van der Waals surface area contributed by atoms with Gasteiger partial charge in [0.15, 0.2) is 0 Å². The van der Waals surface area contributed by atoms with Crippen LogP contribution < -0.4 is 0 Å². The van der Waals surface area contributed by atoms with Crippen LogP contribution in [0, 0.1) is 0 Å². The average Bonchev–Trinajstić information content (AvgIpc) is 2.43. The van der Waals surface area contributed by atoms with Crippen molar-refractivity contribution in [2.45, 2.75) is 19.1 Å². The maximum atomic E-state index is 5.40. The smallest absolute Gasteiger partial charge is 0.0825 e. The highest BCUT2D eigenvalue weighted by atomic mass is 16.5. The molecule has 106 valence electrons. The molecule has 0 bridgehead atoms. The number of hydrogen-bond acceptors (Lipinski definition) is 2. The van der Waals surface area contributed by atoms with E-state index in [-0.39, 0.29) is 6.04 Å². The van der Waals surface area contributed by atoms with Crippen LogP contribution in [0.3, 0.4) is 0 Å². The summed E-state index contributed by atoms with van der Waals surface area (Å²) in [5.74, 6) is 0. The third kappa shape index (κ3) is 3.27. The van der Waals surface area contributed by atoms with E-state index in [2.05, 4.69) is 60.0 Å². The Morgan fingerprint density at radius 1 is 1.35 bits per heavy atom. The number of benzene rings is 1. The molecule has 1 saturated heterocycles. The molecule has 2 rings (SSSR count). The normalized spacial score (nSPS) is 19.0. The van der Waals surface area contributed by atoms with E-state index in [9.17, 15) is 0 Å². The Morgan fingerprint density at radius 3 is 2.60 bits per heavy atom. The van der Waals surface area contributed by atoms with Crippen molar-refractivity contribution in [1.82, 2.24) is 4.90 Å². The molecule has 1 aliphatic rings. The first-order chi connectivity index (χ1) is 9.80.